The number of hydrogen-bond acceptors (Lipinski definition) is 4. The van der Waals surface area contributed by atoms with Crippen LogP contribution in [0.3, 0.4) is 0 Å². The maximum atomic E-state index is 13.6. The molecule has 2 rings (SSSR count). The van der Waals surface area contributed by atoms with E-state index < -0.39 is 17.5 Å². The van der Waals surface area contributed by atoms with E-state index in [1.165, 1.54) is 6.07 Å². The Morgan fingerprint density at radius 3 is 2.65 bits per heavy atom. The Bertz CT molecular complexity index is 522. The first-order valence-electron chi connectivity index (χ1n) is 6.51. The maximum Gasteiger partial charge on any atom is 0.412 e. The summed E-state index contributed by atoms with van der Waals surface area (Å²) in [6.45, 7) is 7.16. The van der Waals surface area contributed by atoms with Crippen LogP contribution in [0.5, 0.6) is 5.88 Å². The molecular weight excluding hydrogens is 263 g/mol. The Labute approximate surface area is 117 Å². The molecule has 1 fully saturated rings. The number of amides is 1. The average Bonchev–Trinajstić information content (AvgIpc) is 2.98. The van der Waals surface area contributed by atoms with E-state index in [0.29, 0.717) is 0 Å². The molecule has 110 valence electrons. The minimum Gasteiger partial charge on any atom is -0.471 e. The molecule has 20 heavy (non-hydrogen) atoms. The van der Waals surface area contributed by atoms with Gasteiger partial charge in [-0.25, -0.2) is 14.2 Å². The molecule has 0 aromatic carbocycles. The molecule has 1 heterocycles. The molecular formula is C14H19FN2O3. The van der Waals surface area contributed by atoms with Gasteiger partial charge in [-0.05, 0) is 40.5 Å². The fraction of sp³-hybridized carbons (Fsp3) is 0.571. The van der Waals surface area contributed by atoms with Crippen LogP contribution in [0.2, 0.25) is 0 Å². The predicted molar refractivity (Wildman–Crippen MR) is 72.3 cm³/mol. The van der Waals surface area contributed by atoms with Crippen LogP contribution in [-0.4, -0.2) is 22.3 Å². The summed E-state index contributed by atoms with van der Waals surface area (Å²) in [5.74, 6) is -0.346. The minimum atomic E-state index is -0.716. The first kappa shape index (κ1) is 14.6. The average molecular weight is 282 g/mol. The van der Waals surface area contributed by atoms with Gasteiger partial charge in [0.1, 0.15) is 11.2 Å². The zero-order chi connectivity index (χ0) is 15.0. The molecule has 1 saturated carbocycles. The van der Waals surface area contributed by atoms with E-state index in [9.17, 15) is 9.18 Å². The highest BCUT2D eigenvalue weighted by Crippen LogP contribution is 2.39. The van der Waals surface area contributed by atoms with Crippen LogP contribution in [0, 0.1) is 5.82 Å². The monoisotopic (exact) mass is 282 g/mol. The van der Waals surface area contributed by atoms with E-state index in [0.717, 1.165) is 19.0 Å². The number of nitrogens with zero attached hydrogens (tertiary/aromatic N) is 1. The standard InChI is InChI=1S/C14H19FN2O3/c1-13(2,3)20-12(18)17-10-7-11(16-8-9(10)15)19-14(4)5-6-14/h7-8H,5-6H2,1-4H3,(H,16,17,18). The van der Waals surface area contributed by atoms with Crippen molar-refractivity contribution in [2.45, 2.75) is 51.7 Å². The summed E-state index contributed by atoms with van der Waals surface area (Å²) in [7, 11) is 0. The summed E-state index contributed by atoms with van der Waals surface area (Å²) in [5, 5.41) is 2.36. The van der Waals surface area contributed by atoms with Crippen molar-refractivity contribution in [1.82, 2.24) is 4.98 Å². The lowest BCUT2D eigenvalue weighted by Crippen LogP contribution is -2.27. The third kappa shape index (κ3) is 4.08. The largest absolute Gasteiger partial charge is 0.471 e. The second-order valence-electron chi connectivity index (χ2n) is 6.18. The summed E-state index contributed by atoms with van der Waals surface area (Å²) in [4.78, 5) is 15.5. The fourth-order valence-electron chi connectivity index (χ4n) is 1.52. The molecule has 0 unspecified atom stereocenters. The molecule has 0 saturated heterocycles. The number of carbonyl (C=O) groups excluding carboxylic acids is 1. The second-order valence-corrected chi connectivity index (χ2v) is 6.18. The lowest BCUT2D eigenvalue weighted by molar-refractivity contribution is 0.0635. The fourth-order valence-corrected chi connectivity index (χ4v) is 1.52. The normalized spacial score (nSPS) is 16.4. The van der Waals surface area contributed by atoms with Gasteiger partial charge in [-0.3, -0.25) is 5.32 Å². The second kappa shape index (κ2) is 4.92. The predicted octanol–water partition coefficient (Wildman–Crippen LogP) is 3.50. The van der Waals surface area contributed by atoms with Crippen molar-refractivity contribution >= 4 is 11.8 Å². The molecule has 1 aromatic heterocycles. The molecule has 1 amide bonds. The van der Waals surface area contributed by atoms with Gasteiger partial charge in [-0.1, -0.05) is 0 Å². The van der Waals surface area contributed by atoms with Crippen LogP contribution in [-0.2, 0) is 4.74 Å². The SMILES string of the molecule is CC(C)(C)OC(=O)Nc1cc(OC2(C)CC2)ncc1F. The van der Waals surface area contributed by atoms with Crippen LogP contribution in [0.4, 0.5) is 14.9 Å². The zero-order valence-corrected chi connectivity index (χ0v) is 12.1. The Balaban J connectivity index is 2.06. The Morgan fingerprint density at radius 2 is 2.10 bits per heavy atom. The van der Waals surface area contributed by atoms with Gasteiger partial charge in [0.25, 0.3) is 0 Å². The van der Waals surface area contributed by atoms with E-state index >= 15 is 0 Å². The first-order valence-corrected chi connectivity index (χ1v) is 6.51. The highest BCUT2D eigenvalue weighted by molar-refractivity contribution is 5.85. The quantitative estimate of drug-likeness (QED) is 0.921. The number of nitrogens with one attached hydrogen (secondary N) is 1. The molecule has 1 aromatic rings. The van der Waals surface area contributed by atoms with Gasteiger partial charge >= 0.3 is 6.09 Å². The third-order valence-electron chi connectivity index (χ3n) is 2.77. The van der Waals surface area contributed by atoms with E-state index in [1.807, 2.05) is 6.92 Å². The number of halogens is 1. The number of rotatable bonds is 3. The first-order chi connectivity index (χ1) is 9.17. The molecule has 0 bridgehead atoms. The van der Waals surface area contributed by atoms with E-state index in [-0.39, 0.29) is 17.2 Å². The molecule has 6 heteroatoms. The minimum absolute atomic E-state index is 0.00602. The number of ether oxygens (including phenoxy) is 2. The van der Waals surface area contributed by atoms with Crippen molar-refractivity contribution in [3.8, 4) is 5.88 Å². The maximum absolute atomic E-state index is 13.6. The summed E-state index contributed by atoms with van der Waals surface area (Å²) in [6.07, 6.45) is 2.20. The third-order valence-corrected chi connectivity index (χ3v) is 2.77. The van der Waals surface area contributed by atoms with Gasteiger partial charge in [0.2, 0.25) is 5.88 Å². The Hall–Kier alpha value is -1.85. The molecule has 0 aliphatic heterocycles. The molecule has 1 aliphatic carbocycles. The van der Waals surface area contributed by atoms with E-state index in [2.05, 4.69) is 10.3 Å². The Morgan fingerprint density at radius 1 is 1.45 bits per heavy atom. The highest BCUT2D eigenvalue weighted by atomic mass is 19.1. The van der Waals surface area contributed by atoms with Crippen molar-refractivity contribution in [2.24, 2.45) is 0 Å². The summed E-state index contributed by atoms with van der Waals surface area (Å²) in [5.41, 5.74) is -0.865. The van der Waals surface area contributed by atoms with Crippen molar-refractivity contribution in [2.75, 3.05) is 5.32 Å². The van der Waals surface area contributed by atoms with E-state index in [4.69, 9.17) is 9.47 Å². The van der Waals surface area contributed by atoms with Gasteiger partial charge in [0.15, 0.2) is 5.82 Å². The lowest BCUT2D eigenvalue weighted by Gasteiger charge is -2.20. The number of hydrogen-bond donors (Lipinski definition) is 1. The molecule has 0 radical (unpaired) electrons. The lowest BCUT2D eigenvalue weighted by atomic mass is 10.2. The van der Waals surface area contributed by atoms with Crippen LogP contribution in [0.15, 0.2) is 12.3 Å². The zero-order valence-electron chi connectivity index (χ0n) is 12.1. The smallest absolute Gasteiger partial charge is 0.412 e. The van der Waals surface area contributed by atoms with Gasteiger partial charge in [0, 0.05) is 6.07 Å². The number of aromatic nitrogens is 1. The number of pyridine rings is 1. The van der Waals surface area contributed by atoms with Crippen LogP contribution in [0.1, 0.15) is 40.5 Å². The van der Waals surface area contributed by atoms with Gasteiger partial charge in [0.05, 0.1) is 11.9 Å². The van der Waals surface area contributed by atoms with E-state index in [1.54, 1.807) is 20.8 Å². The van der Waals surface area contributed by atoms with Gasteiger partial charge in [-0.2, -0.15) is 0 Å². The van der Waals surface area contributed by atoms with Gasteiger partial charge < -0.3 is 9.47 Å². The number of carbonyl (C=O) groups is 1. The summed E-state index contributed by atoms with van der Waals surface area (Å²) < 4.78 is 24.3. The molecule has 1 N–H and O–H groups in total. The van der Waals surface area contributed by atoms with Crippen molar-refractivity contribution < 1.29 is 18.7 Å². The van der Waals surface area contributed by atoms with Crippen molar-refractivity contribution in [3.63, 3.8) is 0 Å². The summed E-state index contributed by atoms with van der Waals surface area (Å²) >= 11 is 0. The molecule has 1 aliphatic rings. The van der Waals surface area contributed by atoms with Gasteiger partial charge in [-0.15, -0.1) is 0 Å². The highest BCUT2D eigenvalue weighted by Gasteiger charge is 2.40. The molecule has 0 spiro atoms. The van der Waals surface area contributed by atoms with Crippen LogP contribution >= 0.6 is 0 Å². The van der Waals surface area contributed by atoms with Crippen LogP contribution < -0.4 is 10.1 Å². The summed E-state index contributed by atoms with van der Waals surface area (Å²) in [6, 6.07) is 1.36. The number of anilines is 1. The van der Waals surface area contributed by atoms with Crippen molar-refractivity contribution in [3.05, 3.63) is 18.1 Å². The molecule has 5 nitrogen and oxygen atoms in total. The molecule has 0 atom stereocenters. The topological polar surface area (TPSA) is 60.5 Å². The Kier molecular flexibility index (Phi) is 3.58. The van der Waals surface area contributed by atoms with Crippen LogP contribution in [0.25, 0.3) is 0 Å². The van der Waals surface area contributed by atoms with Crippen molar-refractivity contribution in [1.29, 1.82) is 0 Å².